The molecular weight excluding hydrogens is 160 g/mol. The van der Waals surface area contributed by atoms with Crippen LogP contribution in [-0.2, 0) is 14.2 Å². The van der Waals surface area contributed by atoms with E-state index in [2.05, 4.69) is 0 Å². The van der Waals surface area contributed by atoms with Crippen molar-refractivity contribution in [3.8, 4) is 0 Å². The molecule has 4 nitrogen and oxygen atoms in total. The zero-order valence-corrected chi connectivity index (χ0v) is 7.78. The molecule has 0 aliphatic rings. The third kappa shape index (κ3) is 7.94. The predicted molar refractivity (Wildman–Crippen MR) is 45.2 cm³/mol. The van der Waals surface area contributed by atoms with E-state index in [4.69, 9.17) is 19.3 Å². The van der Waals surface area contributed by atoms with Gasteiger partial charge < -0.3 is 19.3 Å². The third-order valence-corrected chi connectivity index (χ3v) is 1.32. The molecule has 0 aliphatic heterocycles. The summed E-state index contributed by atoms with van der Waals surface area (Å²) in [4.78, 5) is 0. The summed E-state index contributed by atoms with van der Waals surface area (Å²) >= 11 is 0. The third-order valence-electron chi connectivity index (χ3n) is 1.32. The van der Waals surface area contributed by atoms with Gasteiger partial charge in [0.25, 0.3) is 0 Å². The van der Waals surface area contributed by atoms with Crippen molar-refractivity contribution < 1.29 is 19.3 Å². The van der Waals surface area contributed by atoms with Crippen LogP contribution >= 0.6 is 0 Å². The molecule has 0 radical (unpaired) electrons. The lowest BCUT2D eigenvalue weighted by Crippen LogP contribution is -2.17. The van der Waals surface area contributed by atoms with Crippen molar-refractivity contribution in [2.24, 2.45) is 0 Å². The first kappa shape index (κ1) is 11.8. The Morgan fingerprint density at radius 2 is 1.83 bits per heavy atom. The number of aliphatic hydroxyl groups excluding tert-OH is 1. The lowest BCUT2D eigenvalue weighted by Gasteiger charge is -2.09. The van der Waals surface area contributed by atoms with Gasteiger partial charge in [-0.2, -0.15) is 0 Å². The van der Waals surface area contributed by atoms with Gasteiger partial charge in [-0.15, -0.1) is 0 Å². The van der Waals surface area contributed by atoms with E-state index in [0.29, 0.717) is 26.4 Å². The predicted octanol–water partition coefficient (Wildman–Crippen LogP) is 0.0468. The molecule has 74 valence electrons. The molecule has 0 spiro atoms. The lowest BCUT2D eigenvalue weighted by atomic mass is 10.4. The van der Waals surface area contributed by atoms with Gasteiger partial charge >= 0.3 is 0 Å². The minimum absolute atomic E-state index is 0.0536. The summed E-state index contributed by atoms with van der Waals surface area (Å²) in [5.74, 6) is 0. The minimum Gasteiger partial charge on any atom is -0.394 e. The second-order valence-electron chi connectivity index (χ2n) is 2.47. The highest BCUT2D eigenvalue weighted by molar-refractivity contribution is 4.43. The molecule has 0 aromatic carbocycles. The number of aliphatic hydroxyl groups is 1. The number of ether oxygens (including phenoxy) is 3. The molecular formula is C8H18O4. The molecule has 1 atom stereocenters. The molecule has 0 saturated carbocycles. The molecule has 0 aromatic heterocycles. The van der Waals surface area contributed by atoms with Crippen molar-refractivity contribution in [2.75, 3.05) is 40.1 Å². The van der Waals surface area contributed by atoms with Crippen LogP contribution in [0.15, 0.2) is 0 Å². The van der Waals surface area contributed by atoms with E-state index in [1.807, 2.05) is 6.92 Å². The summed E-state index contributed by atoms with van der Waals surface area (Å²) in [5, 5.41) is 8.59. The van der Waals surface area contributed by atoms with Gasteiger partial charge in [0.15, 0.2) is 0 Å². The van der Waals surface area contributed by atoms with Gasteiger partial charge in [0.2, 0.25) is 0 Å². The highest BCUT2D eigenvalue weighted by atomic mass is 16.5. The first-order valence-electron chi connectivity index (χ1n) is 4.10. The van der Waals surface area contributed by atoms with Crippen molar-refractivity contribution in [3.63, 3.8) is 0 Å². The van der Waals surface area contributed by atoms with E-state index in [-0.39, 0.29) is 12.7 Å². The van der Waals surface area contributed by atoms with E-state index in [0.717, 1.165) is 0 Å². The van der Waals surface area contributed by atoms with Crippen molar-refractivity contribution in [2.45, 2.75) is 13.0 Å². The number of rotatable bonds is 8. The van der Waals surface area contributed by atoms with Crippen molar-refractivity contribution >= 4 is 0 Å². The van der Waals surface area contributed by atoms with Crippen LogP contribution in [0.4, 0.5) is 0 Å². The van der Waals surface area contributed by atoms with E-state index in [1.165, 1.54) is 0 Å². The molecule has 0 saturated heterocycles. The van der Waals surface area contributed by atoms with Crippen LogP contribution in [0.3, 0.4) is 0 Å². The largest absolute Gasteiger partial charge is 0.394 e. The van der Waals surface area contributed by atoms with Gasteiger partial charge in [-0.1, -0.05) is 0 Å². The fraction of sp³-hybridized carbons (Fsp3) is 1.00. The highest BCUT2D eigenvalue weighted by Crippen LogP contribution is 1.88. The summed E-state index contributed by atoms with van der Waals surface area (Å²) < 4.78 is 15.1. The van der Waals surface area contributed by atoms with Gasteiger partial charge in [0.1, 0.15) is 0 Å². The maximum atomic E-state index is 8.59. The number of methoxy groups -OCH3 is 1. The Hall–Kier alpha value is -0.160. The maximum absolute atomic E-state index is 8.59. The fourth-order valence-corrected chi connectivity index (χ4v) is 0.605. The molecule has 1 unspecified atom stereocenters. The molecule has 4 heteroatoms. The van der Waals surface area contributed by atoms with Crippen LogP contribution in [0.1, 0.15) is 6.92 Å². The van der Waals surface area contributed by atoms with E-state index in [9.17, 15) is 0 Å². The number of hydrogen-bond donors (Lipinski definition) is 1. The molecule has 0 aliphatic carbocycles. The van der Waals surface area contributed by atoms with Crippen LogP contribution in [0.5, 0.6) is 0 Å². The first-order valence-corrected chi connectivity index (χ1v) is 4.10. The summed E-state index contributed by atoms with van der Waals surface area (Å²) in [7, 11) is 1.63. The van der Waals surface area contributed by atoms with Crippen LogP contribution in [0.2, 0.25) is 0 Å². The van der Waals surface area contributed by atoms with Crippen molar-refractivity contribution in [3.05, 3.63) is 0 Å². The second kappa shape index (κ2) is 8.93. The van der Waals surface area contributed by atoms with Crippen LogP contribution in [0, 0.1) is 0 Å². The topological polar surface area (TPSA) is 47.9 Å². The highest BCUT2D eigenvalue weighted by Gasteiger charge is 1.97. The molecule has 0 fully saturated rings. The Morgan fingerprint density at radius 3 is 2.42 bits per heavy atom. The molecule has 0 amide bonds. The van der Waals surface area contributed by atoms with Crippen molar-refractivity contribution in [1.82, 2.24) is 0 Å². The summed E-state index contributed by atoms with van der Waals surface area (Å²) in [6, 6.07) is 0. The summed E-state index contributed by atoms with van der Waals surface area (Å²) in [6.45, 7) is 4.13. The Kier molecular flexibility index (Phi) is 8.81. The Bertz CT molecular complexity index is 87.1. The fourth-order valence-electron chi connectivity index (χ4n) is 0.605. The first-order chi connectivity index (χ1) is 5.81. The van der Waals surface area contributed by atoms with Gasteiger partial charge in [0.05, 0.1) is 39.1 Å². The molecule has 0 heterocycles. The Balaban J connectivity index is 2.90. The summed E-state index contributed by atoms with van der Waals surface area (Å²) in [5.41, 5.74) is 0. The van der Waals surface area contributed by atoms with Crippen LogP contribution in [-0.4, -0.2) is 51.4 Å². The van der Waals surface area contributed by atoms with E-state index in [1.54, 1.807) is 7.11 Å². The number of hydrogen-bond acceptors (Lipinski definition) is 4. The molecule has 0 aromatic rings. The van der Waals surface area contributed by atoms with Gasteiger partial charge in [-0.25, -0.2) is 0 Å². The Morgan fingerprint density at radius 1 is 1.17 bits per heavy atom. The molecule has 1 N–H and O–H groups in total. The second-order valence-corrected chi connectivity index (χ2v) is 2.47. The van der Waals surface area contributed by atoms with Crippen molar-refractivity contribution in [1.29, 1.82) is 0 Å². The maximum Gasteiger partial charge on any atom is 0.0778 e. The van der Waals surface area contributed by atoms with E-state index >= 15 is 0 Å². The lowest BCUT2D eigenvalue weighted by molar-refractivity contribution is -0.0181. The minimum atomic E-state index is -0.101. The normalized spacial score (nSPS) is 13.2. The Labute approximate surface area is 73.4 Å². The van der Waals surface area contributed by atoms with Gasteiger partial charge in [-0.3, -0.25) is 0 Å². The average Bonchev–Trinajstić information content (AvgIpc) is 2.10. The standard InChI is InChI=1S/C8H18O4/c1-8(7-9)12-6-5-11-4-3-10-2/h8-9H,3-7H2,1-2H3. The zero-order valence-electron chi connectivity index (χ0n) is 7.78. The molecule has 0 rings (SSSR count). The van der Waals surface area contributed by atoms with E-state index < -0.39 is 0 Å². The van der Waals surface area contributed by atoms with Crippen LogP contribution in [0.25, 0.3) is 0 Å². The zero-order chi connectivity index (χ0) is 9.23. The molecule has 0 bridgehead atoms. The smallest absolute Gasteiger partial charge is 0.0778 e. The van der Waals surface area contributed by atoms with Crippen LogP contribution < -0.4 is 0 Å². The SMILES string of the molecule is COCCOCCOC(C)CO. The average molecular weight is 178 g/mol. The summed E-state index contributed by atoms with van der Waals surface area (Å²) in [6.07, 6.45) is -0.101. The monoisotopic (exact) mass is 178 g/mol. The molecule has 12 heavy (non-hydrogen) atoms. The van der Waals surface area contributed by atoms with Gasteiger partial charge in [-0.05, 0) is 6.92 Å². The quantitative estimate of drug-likeness (QED) is 0.533. The van der Waals surface area contributed by atoms with Gasteiger partial charge in [0, 0.05) is 7.11 Å².